The number of likely N-dealkylation sites (N-methyl/N-ethyl adjacent to an activating group) is 1. The minimum Gasteiger partial charge on any atom is -0.385 e. The van der Waals surface area contributed by atoms with Gasteiger partial charge in [0.15, 0.2) is 0 Å². The molecule has 3 rings (SSSR count). The molecule has 1 N–H and O–H groups in total. The zero-order valence-corrected chi connectivity index (χ0v) is 12.9. The van der Waals surface area contributed by atoms with Gasteiger partial charge in [0, 0.05) is 26.3 Å². The fourth-order valence-corrected chi connectivity index (χ4v) is 3.54. The lowest BCUT2D eigenvalue weighted by Crippen LogP contribution is -2.24. The fraction of sp³-hybridized carbons (Fsp3) is 0.500. The molecule has 0 aromatic heterocycles. The van der Waals surface area contributed by atoms with Gasteiger partial charge in [0.1, 0.15) is 0 Å². The summed E-state index contributed by atoms with van der Waals surface area (Å²) in [5, 5.41) is 3.58. The van der Waals surface area contributed by atoms with Crippen LogP contribution in [0.3, 0.4) is 0 Å². The maximum atomic E-state index is 11.9. The van der Waals surface area contributed by atoms with E-state index in [0.717, 1.165) is 35.5 Å². The summed E-state index contributed by atoms with van der Waals surface area (Å²) >= 11 is 0. The van der Waals surface area contributed by atoms with Crippen LogP contribution in [-0.4, -0.2) is 31.4 Å². The van der Waals surface area contributed by atoms with Gasteiger partial charge in [-0.3, -0.25) is 4.79 Å². The van der Waals surface area contributed by atoms with Crippen LogP contribution >= 0.6 is 0 Å². The molecule has 2 bridgehead atoms. The normalized spacial score (nSPS) is 26.1. The van der Waals surface area contributed by atoms with E-state index in [0.29, 0.717) is 6.42 Å². The van der Waals surface area contributed by atoms with Crippen LogP contribution in [0.1, 0.15) is 18.4 Å². The number of nitrogens with zero attached hydrogens (tertiary/aromatic N) is 1. The summed E-state index contributed by atoms with van der Waals surface area (Å²) in [5.74, 6) is 2.47. The third-order valence-corrected chi connectivity index (χ3v) is 4.83. The van der Waals surface area contributed by atoms with Crippen LogP contribution in [0.2, 0.25) is 0 Å². The number of rotatable bonds is 5. The zero-order chi connectivity index (χ0) is 14.8. The predicted octanol–water partition coefficient (Wildman–Crippen LogP) is 2.94. The number of amides is 1. The Morgan fingerprint density at radius 2 is 2.05 bits per heavy atom. The number of allylic oxidation sites excluding steroid dienone is 2. The van der Waals surface area contributed by atoms with E-state index in [9.17, 15) is 4.79 Å². The van der Waals surface area contributed by atoms with Crippen LogP contribution < -0.4 is 5.32 Å². The number of benzene rings is 1. The lowest BCUT2D eigenvalue weighted by Gasteiger charge is -2.21. The highest BCUT2D eigenvalue weighted by molar-refractivity contribution is 5.80. The standard InChI is InChI=1S/C18H24N2O/c1-20(2)18(21)11-15-5-3-4-6-17(15)19-12-16-10-13-7-8-14(16)9-13/h3-8,13-14,16,19H,9-12H2,1-2H3/t13-,14-,16+/m0/s1. The van der Waals surface area contributed by atoms with Crippen molar-refractivity contribution in [3.05, 3.63) is 42.0 Å². The highest BCUT2D eigenvalue weighted by Gasteiger charge is 2.35. The summed E-state index contributed by atoms with van der Waals surface area (Å²) in [6, 6.07) is 8.17. The van der Waals surface area contributed by atoms with Crippen molar-refractivity contribution in [2.24, 2.45) is 17.8 Å². The third kappa shape index (κ3) is 3.12. The Kier molecular flexibility index (Phi) is 4.00. The first kappa shape index (κ1) is 14.2. The van der Waals surface area contributed by atoms with Gasteiger partial charge in [-0.1, -0.05) is 30.4 Å². The van der Waals surface area contributed by atoms with Gasteiger partial charge in [0.25, 0.3) is 0 Å². The number of hydrogen-bond donors (Lipinski definition) is 1. The summed E-state index contributed by atoms with van der Waals surface area (Å²) in [7, 11) is 3.61. The topological polar surface area (TPSA) is 32.3 Å². The van der Waals surface area contributed by atoms with E-state index in [-0.39, 0.29) is 5.91 Å². The number of para-hydroxylation sites is 1. The molecule has 1 fully saturated rings. The highest BCUT2D eigenvalue weighted by Crippen LogP contribution is 2.43. The van der Waals surface area contributed by atoms with Crippen LogP contribution in [0, 0.1) is 17.8 Å². The van der Waals surface area contributed by atoms with Crippen LogP contribution in [0.5, 0.6) is 0 Å². The quantitative estimate of drug-likeness (QED) is 0.843. The maximum absolute atomic E-state index is 11.9. The first-order valence-electron chi connectivity index (χ1n) is 7.83. The van der Waals surface area contributed by atoms with E-state index in [1.165, 1.54) is 12.8 Å². The summed E-state index contributed by atoms with van der Waals surface area (Å²) in [6.07, 6.45) is 7.89. The Morgan fingerprint density at radius 3 is 2.71 bits per heavy atom. The number of hydrogen-bond acceptors (Lipinski definition) is 2. The molecule has 2 aliphatic rings. The number of nitrogens with one attached hydrogen (secondary N) is 1. The molecule has 112 valence electrons. The molecule has 3 nitrogen and oxygen atoms in total. The Balaban J connectivity index is 1.62. The largest absolute Gasteiger partial charge is 0.385 e. The van der Waals surface area contributed by atoms with E-state index in [2.05, 4.69) is 23.5 Å². The molecule has 2 aliphatic carbocycles. The minimum atomic E-state index is 0.145. The first-order chi connectivity index (χ1) is 10.1. The van der Waals surface area contributed by atoms with Gasteiger partial charge in [-0.05, 0) is 42.2 Å². The lowest BCUT2D eigenvalue weighted by atomic mass is 9.93. The van der Waals surface area contributed by atoms with Crippen molar-refractivity contribution in [1.82, 2.24) is 4.90 Å². The molecule has 0 unspecified atom stereocenters. The molecule has 21 heavy (non-hydrogen) atoms. The monoisotopic (exact) mass is 284 g/mol. The molecule has 0 aliphatic heterocycles. The zero-order valence-electron chi connectivity index (χ0n) is 12.9. The van der Waals surface area contributed by atoms with Gasteiger partial charge >= 0.3 is 0 Å². The summed E-state index contributed by atoms with van der Waals surface area (Å²) in [5.41, 5.74) is 2.20. The van der Waals surface area contributed by atoms with Crippen molar-refractivity contribution in [1.29, 1.82) is 0 Å². The Hall–Kier alpha value is -1.77. The van der Waals surface area contributed by atoms with E-state index < -0.39 is 0 Å². The summed E-state index contributed by atoms with van der Waals surface area (Å²) in [6.45, 7) is 1.01. The number of carbonyl (C=O) groups excluding carboxylic acids is 1. The first-order valence-corrected chi connectivity index (χ1v) is 7.83. The lowest BCUT2D eigenvalue weighted by molar-refractivity contribution is -0.127. The molecule has 1 aromatic carbocycles. The van der Waals surface area contributed by atoms with Crippen LogP contribution in [-0.2, 0) is 11.2 Å². The van der Waals surface area contributed by atoms with E-state index in [1.807, 2.05) is 18.2 Å². The van der Waals surface area contributed by atoms with Gasteiger partial charge in [0.05, 0.1) is 6.42 Å². The molecule has 0 radical (unpaired) electrons. The van der Waals surface area contributed by atoms with Crippen LogP contribution in [0.4, 0.5) is 5.69 Å². The molecule has 0 saturated heterocycles. The molecule has 3 atom stereocenters. The molecular weight excluding hydrogens is 260 g/mol. The van der Waals surface area contributed by atoms with Crippen LogP contribution in [0.15, 0.2) is 36.4 Å². The average Bonchev–Trinajstić information content (AvgIpc) is 3.08. The van der Waals surface area contributed by atoms with Gasteiger partial charge < -0.3 is 10.2 Å². The molecule has 0 heterocycles. The molecule has 3 heteroatoms. The van der Waals surface area contributed by atoms with Crippen LogP contribution in [0.25, 0.3) is 0 Å². The fourth-order valence-electron chi connectivity index (χ4n) is 3.54. The predicted molar refractivity (Wildman–Crippen MR) is 86.2 cm³/mol. The second-order valence-electron chi connectivity index (χ2n) is 6.54. The molecular formula is C18H24N2O. The van der Waals surface area contributed by atoms with Crippen molar-refractivity contribution >= 4 is 11.6 Å². The van der Waals surface area contributed by atoms with E-state index in [4.69, 9.17) is 0 Å². The third-order valence-electron chi connectivity index (χ3n) is 4.83. The minimum absolute atomic E-state index is 0.145. The van der Waals surface area contributed by atoms with Crippen molar-refractivity contribution in [2.45, 2.75) is 19.3 Å². The van der Waals surface area contributed by atoms with Crippen molar-refractivity contribution < 1.29 is 4.79 Å². The average molecular weight is 284 g/mol. The van der Waals surface area contributed by atoms with Crippen molar-refractivity contribution in [3.63, 3.8) is 0 Å². The second-order valence-corrected chi connectivity index (χ2v) is 6.54. The second kappa shape index (κ2) is 5.92. The van der Waals surface area contributed by atoms with E-state index >= 15 is 0 Å². The molecule has 1 saturated carbocycles. The van der Waals surface area contributed by atoms with Crippen molar-refractivity contribution in [3.8, 4) is 0 Å². The number of fused-ring (bicyclic) bond motifs is 2. The Bertz CT molecular complexity index is 550. The maximum Gasteiger partial charge on any atom is 0.226 e. The van der Waals surface area contributed by atoms with Gasteiger partial charge in [-0.2, -0.15) is 0 Å². The number of carbonyl (C=O) groups is 1. The SMILES string of the molecule is CN(C)C(=O)Cc1ccccc1NC[C@H]1C[C@H]2C=C[C@H]1C2. The summed E-state index contributed by atoms with van der Waals surface area (Å²) < 4.78 is 0. The highest BCUT2D eigenvalue weighted by atomic mass is 16.2. The molecule has 1 amide bonds. The van der Waals surface area contributed by atoms with Gasteiger partial charge in [0.2, 0.25) is 5.91 Å². The summed E-state index contributed by atoms with van der Waals surface area (Å²) in [4.78, 5) is 13.6. The number of anilines is 1. The smallest absolute Gasteiger partial charge is 0.226 e. The Morgan fingerprint density at radius 1 is 1.24 bits per heavy atom. The van der Waals surface area contributed by atoms with E-state index in [1.54, 1.807) is 19.0 Å². The molecule has 0 spiro atoms. The van der Waals surface area contributed by atoms with Crippen molar-refractivity contribution in [2.75, 3.05) is 26.0 Å². The van der Waals surface area contributed by atoms with Gasteiger partial charge in [-0.15, -0.1) is 0 Å². The molecule has 1 aromatic rings. The Labute approximate surface area is 127 Å². The van der Waals surface area contributed by atoms with Gasteiger partial charge in [-0.25, -0.2) is 0 Å².